The van der Waals surface area contributed by atoms with Crippen LogP contribution in [0, 0.1) is 0 Å². The zero-order chi connectivity index (χ0) is 19.1. The lowest BCUT2D eigenvalue weighted by Gasteiger charge is -2.18. The van der Waals surface area contributed by atoms with Crippen LogP contribution >= 0.6 is 15.9 Å². The van der Waals surface area contributed by atoms with Gasteiger partial charge in [-0.05, 0) is 43.3 Å². The van der Waals surface area contributed by atoms with Gasteiger partial charge in [-0.2, -0.15) is 0 Å². The Bertz CT molecular complexity index is 793. The molecule has 0 fully saturated rings. The number of methoxy groups -OCH3 is 2. The van der Waals surface area contributed by atoms with Gasteiger partial charge in [0.1, 0.15) is 17.2 Å². The first kappa shape index (κ1) is 19.8. The summed E-state index contributed by atoms with van der Waals surface area (Å²) in [4.78, 5) is 23.3. The van der Waals surface area contributed by atoms with E-state index in [9.17, 15) is 9.59 Å². The number of aldehydes is 1. The SMILES string of the molecule is COc1ccc(OC)c(C(C)NC(=O)COc2ccc(Br)cc2C=O)c1. The van der Waals surface area contributed by atoms with Crippen molar-refractivity contribution in [3.05, 3.63) is 52.0 Å². The fourth-order valence-electron chi connectivity index (χ4n) is 2.42. The topological polar surface area (TPSA) is 73.9 Å². The molecule has 0 saturated heterocycles. The maximum absolute atomic E-state index is 12.2. The first-order chi connectivity index (χ1) is 12.5. The molecule has 2 aromatic rings. The molecule has 0 bridgehead atoms. The summed E-state index contributed by atoms with van der Waals surface area (Å²) in [6, 6.07) is 10.1. The van der Waals surface area contributed by atoms with Crippen molar-refractivity contribution in [2.75, 3.05) is 20.8 Å². The van der Waals surface area contributed by atoms with E-state index in [1.165, 1.54) is 0 Å². The van der Waals surface area contributed by atoms with Gasteiger partial charge in [0.2, 0.25) is 0 Å². The van der Waals surface area contributed by atoms with Crippen LogP contribution in [0.2, 0.25) is 0 Å². The standard InChI is InChI=1S/C19H20BrNO5/c1-12(16-9-15(24-2)5-7-18(16)25-3)21-19(23)11-26-17-6-4-14(20)8-13(17)10-22/h4-10,12H,11H2,1-3H3,(H,21,23). The summed E-state index contributed by atoms with van der Waals surface area (Å²) in [6.07, 6.45) is 0.682. The van der Waals surface area contributed by atoms with E-state index in [1.807, 2.05) is 13.0 Å². The minimum absolute atomic E-state index is 0.209. The van der Waals surface area contributed by atoms with Gasteiger partial charge in [0.15, 0.2) is 12.9 Å². The Hall–Kier alpha value is -2.54. The molecule has 2 aromatic carbocycles. The number of benzene rings is 2. The van der Waals surface area contributed by atoms with Gasteiger partial charge in [0.05, 0.1) is 25.8 Å². The minimum Gasteiger partial charge on any atom is -0.497 e. The number of hydrogen-bond donors (Lipinski definition) is 1. The summed E-state index contributed by atoms with van der Waals surface area (Å²) in [7, 11) is 3.14. The third-order valence-corrected chi connectivity index (χ3v) is 4.23. The van der Waals surface area contributed by atoms with Gasteiger partial charge in [-0.1, -0.05) is 15.9 Å². The van der Waals surface area contributed by atoms with Crippen LogP contribution in [0.5, 0.6) is 17.2 Å². The van der Waals surface area contributed by atoms with Gasteiger partial charge >= 0.3 is 0 Å². The summed E-state index contributed by atoms with van der Waals surface area (Å²) < 4.78 is 16.8. The second kappa shape index (κ2) is 9.24. The third-order valence-electron chi connectivity index (χ3n) is 3.74. The van der Waals surface area contributed by atoms with Gasteiger partial charge in [0.25, 0.3) is 5.91 Å². The summed E-state index contributed by atoms with van der Waals surface area (Å²) >= 11 is 3.29. The normalized spacial score (nSPS) is 11.4. The molecule has 0 spiro atoms. The highest BCUT2D eigenvalue weighted by molar-refractivity contribution is 9.10. The number of carbonyl (C=O) groups excluding carboxylic acids is 2. The summed E-state index contributed by atoms with van der Waals surface area (Å²) in [5.41, 5.74) is 1.16. The lowest BCUT2D eigenvalue weighted by Crippen LogP contribution is -2.31. The van der Waals surface area contributed by atoms with Crippen LogP contribution in [0.15, 0.2) is 40.9 Å². The van der Waals surface area contributed by atoms with E-state index in [-0.39, 0.29) is 18.6 Å². The van der Waals surface area contributed by atoms with E-state index in [2.05, 4.69) is 21.2 Å². The molecule has 26 heavy (non-hydrogen) atoms. The van der Waals surface area contributed by atoms with Crippen molar-refractivity contribution in [2.24, 2.45) is 0 Å². The maximum Gasteiger partial charge on any atom is 0.258 e. The third kappa shape index (κ3) is 4.98. The number of amides is 1. The van der Waals surface area contributed by atoms with Crippen molar-refractivity contribution in [2.45, 2.75) is 13.0 Å². The molecule has 6 nitrogen and oxygen atoms in total. The Morgan fingerprint density at radius 2 is 1.88 bits per heavy atom. The predicted molar refractivity (Wildman–Crippen MR) is 101 cm³/mol. The molecule has 0 aliphatic carbocycles. The zero-order valence-electron chi connectivity index (χ0n) is 14.7. The first-order valence-corrected chi connectivity index (χ1v) is 8.66. The van der Waals surface area contributed by atoms with E-state index >= 15 is 0 Å². The monoisotopic (exact) mass is 421 g/mol. The fraction of sp³-hybridized carbons (Fsp3) is 0.263. The van der Waals surface area contributed by atoms with Crippen molar-refractivity contribution >= 4 is 28.1 Å². The summed E-state index contributed by atoms with van der Waals surface area (Å²) in [5.74, 6) is 1.35. The number of carbonyl (C=O) groups is 2. The molecule has 1 unspecified atom stereocenters. The van der Waals surface area contributed by atoms with E-state index in [4.69, 9.17) is 14.2 Å². The van der Waals surface area contributed by atoms with Crippen molar-refractivity contribution in [3.63, 3.8) is 0 Å². The number of hydrogen-bond acceptors (Lipinski definition) is 5. The zero-order valence-corrected chi connectivity index (χ0v) is 16.3. The molecular formula is C19H20BrNO5. The molecule has 0 saturated carbocycles. The number of nitrogens with one attached hydrogen (secondary N) is 1. The van der Waals surface area contributed by atoms with Crippen LogP contribution in [0.4, 0.5) is 0 Å². The smallest absolute Gasteiger partial charge is 0.258 e. The highest BCUT2D eigenvalue weighted by Gasteiger charge is 2.16. The Balaban J connectivity index is 2.03. The van der Waals surface area contributed by atoms with Crippen LogP contribution in [0.1, 0.15) is 28.9 Å². The number of rotatable bonds is 8. The summed E-state index contributed by atoms with van der Waals surface area (Å²) in [5, 5.41) is 2.84. The molecule has 138 valence electrons. The fourth-order valence-corrected chi connectivity index (χ4v) is 2.80. The second-order valence-corrected chi connectivity index (χ2v) is 6.40. The Kier molecular flexibility index (Phi) is 7.03. The molecule has 1 amide bonds. The van der Waals surface area contributed by atoms with E-state index in [0.717, 1.165) is 10.0 Å². The number of ether oxygens (including phenoxy) is 3. The lowest BCUT2D eigenvalue weighted by molar-refractivity contribution is -0.123. The van der Waals surface area contributed by atoms with Crippen LogP contribution < -0.4 is 19.5 Å². The van der Waals surface area contributed by atoms with Crippen LogP contribution in [-0.4, -0.2) is 33.0 Å². The maximum atomic E-state index is 12.2. The molecule has 7 heteroatoms. The summed E-state index contributed by atoms with van der Waals surface area (Å²) in [6.45, 7) is 1.63. The highest BCUT2D eigenvalue weighted by Crippen LogP contribution is 2.29. The molecule has 0 aromatic heterocycles. The second-order valence-electron chi connectivity index (χ2n) is 5.49. The first-order valence-electron chi connectivity index (χ1n) is 7.87. The van der Waals surface area contributed by atoms with Gasteiger partial charge in [-0.3, -0.25) is 9.59 Å². The average molecular weight is 422 g/mol. The average Bonchev–Trinajstić information content (AvgIpc) is 2.66. The predicted octanol–water partition coefficient (Wildman–Crippen LogP) is 3.54. The Morgan fingerprint density at radius 3 is 2.54 bits per heavy atom. The highest BCUT2D eigenvalue weighted by atomic mass is 79.9. The quantitative estimate of drug-likeness (QED) is 0.659. The van der Waals surface area contributed by atoms with E-state index < -0.39 is 0 Å². The molecule has 0 radical (unpaired) electrons. The molecule has 0 heterocycles. The van der Waals surface area contributed by atoms with Gasteiger partial charge < -0.3 is 19.5 Å². The minimum atomic E-state index is -0.317. The van der Waals surface area contributed by atoms with Gasteiger partial charge in [-0.25, -0.2) is 0 Å². The molecule has 1 N–H and O–H groups in total. The van der Waals surface area contributed by atoms with Crippen LogP contribution in [0.25, 0.3) is 0 Å². The molecule has 1 atom stereocenters. The molecular weight excluding hydrogens is 402 g/mol. The van der Waals surface area contributed by atoms with Gasteiger partial charge in [-0.15, -0.1) is 0 Å². The van der Waals surface area contributed by atoms with E-state index in [1.54, 1.807) is 44.6 Å². The van der Waals surface area contributed by atoms with Crippen LogP contribution in [0.3, 0.4) is 0 Å². The van der Waals surface area contributed by atoms with Crippen LogP contribution in [-0.2, 0) is 4.79 Å². The molecule has 0 aliphatic heterocycles. The van der Waals surface area contributed by atoms with E-state index in [0.29, 0.717) is 29.1 Å². The Labute approximate surface area is 160 Å². The van der Waals surface area contributed by atoms with Crippen molar-refractivity contribution in [1.29, 1.82) is 0 Å². The number of halogens is 1. The van der Waals surface area contributed by atoms with Crippen molar-refractivity contribution in [1.82, 2.24) is 5.32 Å². The molecule has 0 aliphatic rings. The lowest BCUT2D eigenvalue weighted by atomic mass is 10.1. The molecule has 2 rings (SSSR count). The largest absolute Gasteiger partial charge is 0.497 e. The van der Waals surface area contributed by atoms with Crippen molar-refractivity contribution < 1.29 is 23.8 Å². The Morgan fingerprint density at radius 1 is 1.15 bits per heavy atom. The van der Waals surface area contributed by atoms with Gasteiger partial charge in [0, 0.05) is 10.0 Å². The van der Waals surface area contributed by atoms with Crippen molar-refractivity contribution in [3.8, 4) is 17.2 Å².